The van der Waals surface area contributed by atoms with Crippen molar-refractivity contribution in [1.29, 1.82) is 0 Å². The average molecular weight is 565 g/mol. The molecule has 0 aliphatic carbocycles. The number of nitrogens with zero attached hydrogens (tertiary/aromatic N) is 6. The number of anilines is 2. The van der Waals surface area contributed by atoms with Crippen molar-refractivity contribution in [3.63, 3.8) is 0 Å². The molecule has 1 fully saturated rings. The number of benzene rings is 2. The summed E-state index contributed by atoms with van der Waals surface area (Å²) in [7, 11) is 4.82. The summed E-state index contributed by atoms with van der Waals surface area (Å²) in [6.07, 6.45) is 1.13. The molecule has 2 N–H and O–H groups in total. The highest BCUT2D eigenvalue weighted by Crippen LogP contribution is 2.37. The van der Waals surface area contributed by atoms with E-state index in [1.165, 1.54) is 4.57 Å². The van der Waals surface area contributed by atoms with E-state index in [0.717, 1.165) is 10.9 Å². The molecular formula is C29H36N6O6. The van der Waals surface area contributed by atoms with Crippen molar-refractivity contribution in [3.05, 3.63) is 56.7 Å². The van der Waals surface area contributed by atoms with Gasteiger partial charge in [0.15, 0.2) is 11.5 Å². The smallest absolute Gasteiger partial charge is 0.331 e. The van der Waals surface area contributed by atoms with Gasteiger partial charge >= 0.3 is 5.69 Å². The van der Waals surface area contributed by atoms with Crippen LogP contribution in [0.2, 0.25) is 0 Å². The van der Waals surface area contributed by atoms with E-state index in [1.54, 1.807) is 36.8 Å². The molecule has 2 aromatic heterocycles. The summed E-state index contributed by atoms with van der Waals surface area (Å²) in [6, 6.07) is 8.92. The van der Waals surface area contributed by atoms with Crippen molar-refractivity contribution in [2.24, 2.45) is 7.05 Å². The fraction of sp³-hybridized carbons (Fsp3) is 0.448. The van der Waals surface area contributed by atoms with Crippen molar-refractivity contribution >= 4 is 33.6 Å². The second-order valence-corrected chi connectivity index (χ2v) is 10.3. The molecule has 2 aromatic carbocycles. The summed E-state index contributed by atoms with van der Waals surface area (Å²) >= 11 is 0. The van der Waals surface area contributed by atoms with E-state index in [9.17, 15) is 19.8 Å². The summed E-state index contributed by atoms with van der Waals surface area (Å²) in [4.78, 5) is 40.3. The number of fused-ring (bicyclic) bond motifs is 2. The van der Waals surface area contributed by atoms with E-state index >= 15 is 0 Å². The highest BCUT2D eigenvalue weighted by Gasteiger charge is 2.28. The number of aliphatic hydroxyl groups excluding tert-OH is 2. The van der Waals surface area contributed by atoms with E-state index in [1.807, 2.05) is 31.2 Å². The van der Waals surface area contributed by atoms with Crippen molar-refractivity contribution in [3.8, 4) is 11.5 Å². The van der Waals surface area contributed by atoms with Crippen molar-refractivity contribution < 1.29 is 19.7 Å². The number of ether oxygens (including phenoxy) is 2. The van der Waals surface area contributed by atoms with Crippen LogP contribution in [0.15, 0.2) is 39.9 Å². The predicted octanol–water partition coefficient (Wildman–Crippen LogP) is 1.60. The van der Waals surface area contributed by atoms with Crippen LogP contribution in [-0.4, -0.2) is 82.9 Å². The summed E-state index contributed by atoms with van der Waals surface area (Å²) in [5.41, 5.74) is 1.63. The molecule has 0 amide bonds. The number of aryl methyl sites for hydroxylation is 2. The Morgan fingerprint density at radius 3 is 2.24 bits per heavy atom. The summed E-state index contributed by atoms with van der Waals surface area (Å²) < 4.78 is 14.0. The minimum absolute atomic E-state index is 0.122. The van der Waals surface area contributed by atoms with Crippen molar-refractivity contribution in [2.75, 3.05) is 63.4 Å². The van der Waals surface area contributed by atoms with Crippen LogP contribution in [-0.2, 0) is 7.05 Å². The SMILES string of the molecule is COc1cc2nc(N(CCO)CCO)nc(N3CCC(n4c(=O)c5cc(C)ccc5n(C)c4=O)CC3)c2cc1OC. The number of hydrogen-bond donors (Lipinski definition) is 2. The number of hydrogen-bond acceptors (Lipinski definition) is 10. The Kier molecular flexibility index (Phi) is 8.13. The average Bonchev–Trinajstić information content (AvgIpc) is 2.99. The Morgan fingerprint density at radius 1 is 0.951 bits per heavy atom. The van der Waals surface area contributed by atoms with Gasteiger partial charge in [-0.25, -0.2) is 9.78 Å². The molecule has 41 heavy (non-hydrogen) atoms. The van der Waals surface area contributed by atoms with Gasteiger partial charge in [-0.05, 0) is 38.0 Å². The largest absolute Gasteiger partial charge is 0.493 e. The van der Waals surface area contributed by atoms with Gasteiger partial charge in [0.25, 0.3) is 5.56 Å². The van der Waals surface area contributed by atoms with E-state index < -0.39 is 0 Å². The quantitative estimate of drug-likeness (QED) is 0.309. The van der Waals surface area contributed by atoms with Crippen LogP contribution in [0.3, 0.4) is 0 Å². The maximum Gasteiger partial charge on any atom is 0.331 e. The van der Waals surface area contributed by atoms with Crippen LogP contribution >= 0.6 is 0 Å². The summed E-state index contributed by atoms with van der Waals surface area (Å²) in [5, 5.41) is 20.5. The van der Waals surface area contributed by atoms with Gasteiger partial charge in [0, 0.05) is 50.7 Å². The van der Waals surface area contributed by atoms with Gasteiger partial charge in [-0.15, -0.1) is 0 Å². The Hall–Kier alpha value is -4.16. The van der Waals surface area contributed by atoms with Crippen molar-refractivity contribution in [2.45, 2.75) is 25.8 Å². The van der Waals surface area contributed by atoms with Crippen LogP contribution in [0.4, 0.5) is 11.8 Å². The fourth-order valence-corrected chi connectivity index (χ4v) is 5.62. The molecule has 1 saturated heterocycles. The molecule has 0 unspecified atom stereocenters. The Balaban J connectivity index is 1.54. The Morgan fingerprint density at radius 2 is 1.61 bits per heavy atom. The fourth-order valence-electron chi connectivity index (χ4n) is 5.62. The van der Waals surface area contributed by atoms with Gasteiger partial charge in [-0.3, -0.25) is 13.9 Å². The molecule has 3 heterocycles. The van der Waals surface area contributed by atoms with Crippen LogP contribution in [0.5, 0.6) is 11.5 Å². The Bertz CT molecular complexity index is 1690. The molecule has 0 atom stereocenters. The number of aromatic nitrogens is 4. The lowest BCUT2D eigenvalue weighted by molar-refractivity contribution is 0.280. The molecule has 0 bridgehead atoms. The first-order valence-corrected chi connectivity index (χ1v) is 13.7. The molecule has 0 spiro atoms. The van der Waals surface area contributed by atoms with Gasteiger partial charge in [0.05, 0.1) is 43.9 Å². The lowest BCUT2D eigenvalue weighted by atomic mass is 10.0. The minimum Gasteiger partial charge on any atom is -0.493 e. The molecule has 12 nitrogen and oxygen atoms in total. The second kappa shape index (κ2) is 11.8. The molecule has 12 heteroatoms. The van der Waals surface area contributed by atoms with E-state index in [2.05, 4.69) is 4.90 Å². The zero-order valence-electron chi connectivity index (χ0n) is 23.8. The molecule has 4 aromatic rings. The lowest BCUT2D eigenvalue weighted by Crippen LogP contribution is -2.45. The first-order valence-electron chi connectivity index (χ1n) is 13.7. The van der Waals surface area contributed by atoms with Crippen LogP contribution in [0, 0.1) is 6.92 Å². The zero-order chi connectivity index (χ0) is 29.3. The van der Waals surface area contributed by atoms with E-state index in [-0.39, 0.29) is 43.6 Å². The minimum atomic E-state index is -0.319. The molecule has 0 radical (unpaired) electrons. The number of piperidine rings is 1. The van der Waals surface area contributed by atoms with Gasteiger partial charge in [-0.2, -0.15) is 4.98 Å². The molecule has 0 saturated carbocycles. The standard InChI is InChI=1S/C29H36N6O6/c1-18-5-6-23-21(15-18)27(38)35(29(39)32(23)2)19-7-9-33(10-8-19)26-20-16-24(40-3)25(41-4)17-22(20)30-28(31-26)34(11-13-36)12-14-37/h5-6,15-17,19,36-37H,7-14H2,1-4H3. The first kappa shape index (κ1) is 28.4. The molecule has 1 aliphatic heterocycles. The normalized spacial score (nSPS) is 14.1. The Labute approximate surface area is 237 Å². The molecule has 1 aliphatic rings. The maximum atomic E-state index is 13.5. The molecule has 5 rings (SSSR count). The van der Waals surface area contributed by atoms with Gasteiger partial charge in [0.2, 0.25) is 5.95 Å². The van der Waals surface area contributed by atoms with E-state index in [4.69, 9.17) is 19.4 Å². The first-order chi connectivity index (χ1) is 19.8. The summed E-state index contributed by atoms with van der Waals surface area (Å²) in [6.45, 7) is 3.30. The zero-order valence-corrected chi connectivity index (χ0v) is 23.8. The monoisotopic (exact) mass is 564 g/mol. The third-order valence-electron chi connectivity index (χ3n) is 7.78. The predicted molar refractivity (Wildman–Crippen MR) is 158 cm³/mol. The van der Waals surface area contributed by atoms with Gasteiger partial charge in [0.1, 0.15) is 5.82 Å². The van der Waals surface area contributed by atoms with Gasteiger partial charge in [-0.1, -0.05) is 11.6 Å². The number of rotatable bonds is 9. The maximum absolute atomic E-state index is 13.5. The van der Waals surface area contributed by atoms with Gasteiger partial charge < -0.3 is 29.5 Å². The third-order valence-corrected chi connectivity index (χ3v) is 7.78. The topological polar surface area (TPSA) is 135 Å². The van der Waals surface area contributed by atoms with E-state index in [0.29, 0.717) is 65.6 Å². The third kappa shape index (κ3) is 5.20. The van der Waals surface area contributed by atoms with Crippen LogP contribution in [0.25, 0.3) is 21.8 Å². The molecular weight excluding hydrogens is 528 g/mol. The van der Waals surface area contributed by atoms with Crippen molar-refractivity contribution in [1.82, 2.24) is 19.1 Å². The summed E-state index contributed by atoms with van der Waals surface area (Å²) in [5.74, 6) is 2.10. The van der Waals surface area contributed by atoms with Crippen LogP contribution < -0.4 is 30.5 Å². The number of aliphatic hydroxyl groups is 2. The van der Waals surface area contributed by atoms with Crippen LogP contribution in [0.1, 0.15) is 24.4 Å². The molecule has 218 valence electrons. The second-order valence-electron chi connectivity index (χ2n) is 10.3. The number of methoxy groups -OCH3 is 2. The highest BCUT2D eigenvalue weighted by molar-refractivity contribution is 5.93. The highest BCUT2D eigenvalue weighted by atomic mass is 16.5. The lowest BCUT2D eigenvalue weighted by Gasteiger charge is -2.34.